The van der Waals surface area contributed by atoms with Gasteiger partial charge >= 0.3 is 0 Å². The fourth-order valence-corrected chi connectivity index (χ4v) is 9.32. The molecule has 4 heteroatoms. The molecule has 288 valence electrons. The normalized spacial score (nSPS) is 13.0. The third-order valence-electron chi connectivity index (χ3n) is 12.4. The van der Waals surface area contributed by atoms with E-state index in [1.54, 1.807) is 0 Å². The maximum Gasteiger partial charge on any atom is 0.137 e. The predicted molar refractivity (Wildman–Crippen MR) is 247 cm³/mol. The monoisotopic (exact) mass is 764 g/mol. The van der Waals surface area contributed by atoms with Gasteiger partial charge in [0, 0.05) is 33.8 Å². The molecule has 2 aromatic heterocycles. The minimum atomic E-state index is -0.377. The van der Waals surface area contributed by atoms with Crippen molar-refractivity contribution in [1.29, 1.82) is 0 Å². The van der Waals surface area contributed by atoms with Crippen LogP contribution in [0, 0.1) is 0 Å². The van der Waals surface area contributed by atoms with Crippen molar-refractivity contribution in [2.75, 3.05) is 16.5 Å². The van der Waals surface area contributed by atoms with Crippen molar-refractivity contribution in [3.05, 3.63) is 228 Å². The van der Waals surface area contributed by atoms with E-state index in [1.807, 2.05) is 6.20 Å². The van der Waals surface area contributed by atoms with E-state index in [-0.39, 0.29) is 10.8 Å². The Hall–Kier alpha value is -6.91. The van der Waals surface area contributed by atoms with Gasteiger partial charge in [-0.15, -0.1) is 0 Å². The van der Waals surface area contributed by atoms with Gasteiger partial charge in [0.15, 0.2) is 0 Å². The molecule has 3 heterocycles. The summed E-state index contributed by atoms with van der Waals surface area (Å²) in [7, 11) is 0. The number of fused-ring (bicyclic) bond motifs is 4. The van der Waals surface area contributed by atoms with Crippen LogP contribution in [0.1, 0.15) is 61.1 Å². The van der Waals surface area contributed by atoms with Crippen LogP contribution >= 0.6 is 0 Å². The molecule has 0 spiro atoms. The second-order valence-electron chi connectivity index (χ2n) is 17.1. The Morgan fingerprint density at radius 2 is 1.08 bits per heavy atom. The van der Waals surface area contributed by atoms with E-state index in [0.29, 0.717) is 0 Å². The highest BCUT2D eigenvalue weighted by molar-refractivity contribution is 6.09. The van der Waals surface area contributed by atoms with Crippen LogP contribution in [0.5, 0.6) is 0 Å². The van der Waals surface area contributed by atoms with Crippen LogP contribution < -0.4 is 9.80 Å². The standard InChI is InChI=1S/C55H48N4/c1-54(2,3)47-25-12-14-27-49(47)58-38-57(50-28-15-16-29-51(50)58)44-23-17-18-39(35-44)34-40-30-31-46-45-24-11-13-26-48(45)59(52(46)36-40)53-37-43(32-33-56-53)55(4,41-19-7-5-8-20-41)42-21-9-6-10-22-42/h5-33,35-37H,34,38H2,1-4H3. The molecule has 0 saturated heterocycles. The van der Waals surface area contributed by atoms with Crippen molar-refractivity contribution >= 4 is 44.6 Å². The number of hydrogen-bond acceptors (Lipinski definition) is 3. The van der Waals surface area contributed by atoms with E-state index < -0.39 is 0 Å². The number of hydrogen-bond donors (Lipinski definition) is 0. The van der Waals surface area contributed by atoms with Crippen LogP contribution in [-0.2, 0) is 17.3 Å². The molecule has 1 aliphatic heterocycles. The van der Waals surface area contributed by atoms with Crippen molar-refractivity contribution in [2.24, 2.45) is 0 Å². The minimum absolute atomic E-state index is 0.0233. The smallest absolute Gasteiger partial charge is 0.137 e. The van der Waals surface area contributed by atoms with E-state index >= 15 is 0 Å². The van der Waals surface area contributed by atoms with Crippen LogP contribution in [0.3, 0.4) is 0 Å². The van der Waals surface area contributed by atoms with Gasteiger partial charge in [-0.1, -0.05) is 154 Å². The Labute approximate surface area is 347 Å². The zero-order valence-corrected chi connectivity index (χ0v) is 34.2. The van der Waals surface area contributed by atoms with Crippen molar-refractivity contribution in [3.8, 4) is 5.82 Å². The Kier molecular flexibility index (Phi) is 8.94. The Morgan fingerprint density at radius 3 is 1.81 bits per heavy atom. The average Bonchev–Trinajstić information content (AvgIpc) is 3.83. The third-order valence-corrected chi connectivity index (χ3v) is 12.4. The van der Waals surface area contributed by atoms with Gasteiger partial charge in [0.25, 0.3) is 0 Å². The SMILES string of the molecule is CC(C)(C)c1ccccc1N1CN(c2cccc(Cc3ccc4c5ccccc5n(-c5cc(C(C)(c6ccccc6)c6ccccc6)ccn5)c4c3)c2)c2ccccc21. The topological polar surface area (TPSA) is 24.3 Å². The summed E-state index contributed by atoms with van der Waals surface area (Å²) in [6.07, 6.45) is 2.79. The second kappa shape index (κ2) is 14.5. The number of rotatable bonds is 8. The molecule has 0 amide bonds. The molecule has 0 aliphatic carbocycles. The first-order valence-corrected chi connectivity index (χ1v) is 20.7. The van der Waals surface area contributed by atoms with Gasteiger partial charge in [-0.25, -0.2) is 4.98 Å². The number of anilines is 4. The summed E-state index contributed by atoms with van der Waals surface area (Å²) in [5.74, 6) is 0.913. The number of aromatic nitrogens is 2. The van der Waals surface area contributed by atoms with Gasteiger partial charge < -0.3 is 9.80 Å². The van der Waals surface area contributed by atoms with Crippen LogP contribution in [0.4, 0.5) is 22.7 Å². The average molecular weight is 765 g/mol. The van der Waals surface area contributed by atoms with Crippen LogP contribution in [-0.4, -0.2) is 16.2 Å². The Morgan fingerprint density at radius 1 is 0.475 bits per heavy atom. The summed E-state index contributed by atoms with van der Waals surface area (Å²) in [5.41, 5.74) is 14.4. The molecule has 0 unspecified atom stereocenters. The van der Waals surface area contributed by atoms with Crippen molar-refractivity contribution < 1.29 is 0 Å². The third kappa shape index (κ3) is 6.36. The fourth-order valence-electron chi connectivity index (χ4n) is 9.32. The lowest BCUT2D eigenvalue weighted by molar-refractivity contribution is 0.590. The maximum atomic E-state index is 5.07. The Bertz CT molecular complexity index is 2920. The molecule has 59 heavy (non-hydrogen) atoms. The molecule has 10 rings (SSSR count). The molecule has 0 bridgehead atoms. The van der Waals surface area contributed by atoms with Crippen molar-refractivity contribution in [3.63, 3.8) is 0 Å². The molecule has 0 atom stereocenters. The molecule has 9 aromatic rings. The van der Waals surface area contributed by atoms with Gasteiger partial charge in [-0.3, -0.25) is 4.57 Å². The lowest BCUT2D eigenvalue weighted by Gasteiger charge is -2.32. The van der Waals surface area contributed by atoms with Crippen molar-refractivity contribution in [1.82, 2.24) is 9.55 Å². The minimum Gasteiger partial charge on any atom is -0.321 e. The number of benzene rings is 7. The quantitative estimate of drug-likeness (QED) is 0.154. The zero-order chi connectivity index (χ0) is 40.1. The van der Waals surface area contributed by atoms with Gasteiger partial charge in [-0.2, -0.15) is 0 Å². The lowest BCUT2D eigenvalue weighted by Crippen LogP contribution is -2.26. The number of para-hydroxylation sites is 4. The summed E-state index contributed by atoms with van der Waals surface area (Å²) >= 11 is 0. The predicted octanol–water partition coefficient (Wildman–Crippen LogP) is 13.7. The molecule has 7 aromatic carbocycles. The largest absolute Gasteiger partial charge is 0.321 e. The van der Waals surface area contributed by atoms with E-state index in [2.05, 4.69) is 230 Å². The highest BCUT2D eigenvalue weighted by atomic mass is 15.4. The van der Waals surface area contributed by atoms with Crippen molar-refractivity contribution in [2.45, 2.75) is 44.9 Å². The molecule has 1 aliphatic rings. The highest BCUT2D eigenvalue weighted by Crippen LogP contribution is 2.47. The zero-order valence-electron chi connectivity index (χ0n) is 34.2. The molecular weight excluding hydrogens is 717 g/mol. The van der Waals surface area contributed by atoms with Crippen LogP contribution in [0.2, 0.25) is 0 Å². The lowest BCUT2D eigenvalue weighted by atomic mass is 9.71. The first kappa shape index (κ1) is 36.4. The van der Waals surface area contributed by atoms with E-state index in [0.717, 1.165) is 29.9 Å². The summed E-state index contributed by atoms with van der Waals surface area (Å²) in [6.45, 7) is 9.98. The van der Waals surface area contributed by atoms with Gasteiger partial charge in [0.05, 0.1) is 22.4 Å². The van der Waals surface area contributed by atoms with Gasteiger partial charge in [-0.05, 0) is 107 Å². The summed E-state index contributed by atoms with van der Waals surface area (Å²) < 4.78 is 2.36. The summed E-state index contributed by atoms with van der Waals surface area (Å²) in [6, 6.07) is 68.6. The highest BCUT2D eigenvalue weighted by Gasteiger charge is 2.33. The number of pyridine rings is 1. The van der Waals surface area contributed by atoms with E-state index in [9.17, 15) is 0 Å². The molecule has 0 radical (unpaired) electrons. The number of nitrogens with zero attached hydrogens (tertiary/aromatic N) is 4. The second-order valence-corrected chi connectivity index (χ2v) is 17.1. The van der Waals surface area contributed by atoms with Crippen LogP contribution in [0.15, 0.2) is 194 Å². The fraction of sp³-hybridized carbons (Fsp3) is 0.145. The summed E-state index contributed by atoms with van der Waals surface area (Å²) in [5, 5.41) is 2.45. The van der Waals surface area contributed by atoms with E-state index in [4.69, 9.17) is 4.98 Å². The summed E-state index contributed by atoms with van der Waals surface area (Å²) in [4.78, 5) is 10.00. The molecule has 0 fully saturated rings. The molecule has 0 saturated carbocycles. The van der Waals surface area contributed by atoms with E-state index in [1.165, 1.54) is 66.9 Å². The van der Waals surface area contributed by atoms with Gasteiger partial charge in [0.1, 0.15) is 12.5 Å². The van der Waals surface area contributed by atoms with Gasteiger partial charge in [0.2, 0.25) is 0 Å². The molecule has 0 N–H and O–H groups in total. The maximum absolute atomic E-state index is 5.07. The van der Waals surface area contributed by atoms with Crippen LogP contribution in [0.25, 0.3) is 27.6 Å². The first-order valence-electron chi connectivity index (χ1n) is 20.7. The molecular formula is C55H48N4. The Balaban J connectivity index is 1.03. The first-order chi connectivity index (χ1) is 28.8. The molecule has 4 nitrogen and oxygen atoms in total.